The molecule has 116 valence electrons. The Bertz CT molecular complexity index is 557. The number of carbonyl (C=O) groups excluding carboxylic acids is 1. The van der Waals surface area contributed by atoms with Crippen LogP contribution in [0, 0.1) is 5.41 Å². The van der Waals surface area contributed by atoms with Gasteiger partial charge in [0.1, 0.15) is 11.1 Å². The van der Waals surface area contributed by atoms with E-state index in [9.17, 15) is 14.7 Å². The molecule has 7 heteroatoms. The van der Waals surface area contributed by atoms with E-state index >= 15 is 0 Å². The lowest BCUT2D eigenvalue weighted by Crippen LogP contribution is -2.50. The number of nitrogens with zero attached hydrogens (tertiary/aromatic N) is 1. The third-order valence-electron chi connectivity index (χ3n) is 3.81. The van der Waals surface area contributed by atoms with Crippen LogP contribution < -0.4 is 5.32 Å². The molecule has 1 aromatic rings. The summed E-state index contributed by atoms with van der Waals surface area (Å²) in [4.78, 5) is 23.7. The fraction of sp³-hybridized carbons (Fsp3) is 0.571. The van der Waals surface area contributed by atoms with E-state index in [4.69, 9.17) is 16.3 Å². The molecule has 0 aromatic carbocycles. The number of carboxylic acids is 1. The van der Waals surface area contributed by atoms with Crippen molar-refractivity contribution < 1.29 is 19.4 Å². The topological polar surface area (TPSA) is 80.6 Å². The monoisotopic (exact) mass is 314 g/mol. The van der Waals surface area contributed by atoms with Crippen molar-refractivity contribution in [1.29, 1.82) is 0 Å². The number of halogens is 1. The van der Waals surface area contributed by atoms with Gasteiger partial charge in [-0.1, -0.05) is 18.5 Å². The summed E-state index contributed by atoms with van der Waals surface area (Å²) in [5.41, 5.74) is -0.678. The quantitative estimate of drug-likeness (QED) is 0.868. The highest BCUT2D eigenvalue weighted by Gasteiger charge is 2.47. The Kier molecular flexibility index (Phi) is 4.58. The van der Waals surface area contributed by atoms with E-state index < -0.39 is 17.4 Å². The molecule has 1 aliphatic rings. The minimum Gasteiger partial charge on any atom is -0.481 e. The summed E-state index contributed by atoms with van der Waals surface area (Å²) >= 11 is 5.95. The summed E-state index contributed by atoms with van der Waals surface area (Å²) < 4.78 is 6.99. The van der Waals surface area contributed by atoms with Crippen molar-refractivity contribution in [2.45, 2.75) is 32.9 Å². The lowest BCUT2D eigenvalue weighted by molar-refractivity contribution is -0.148. The lowest BCUT2D eigenvalue weighted by atomic mass is 9.85. The first kappa shape index (κ1) is 15.9. The van der Waals surface area contributed by atoms with Crippen LogP contribution in [0.25, 0.3) is 0 Å². The second-order valence-corrected chi connectivity index (χ2v) is 5.94. The number of rotatable bonds is 5. The number of carboxylic acid groups (broad SMARTS) is 1. The van der Waals surface area contributed by atoms with E-state index in [2.05, 4.69) is 5.32 Å². The van der Waals surface area contributed by atoms with Crippen LogP contribution in [0.2, 0.25) is 5.02 Å². The maximum absolute atomic E-state index is 12.4. The molecule has 0 aliphatic carbocycles. The molecule has 1 saturated heterocycles. The molecule has 2 N–H and O–H groups in total. The molecule has 0 radical (unpaired) electrons. The standard InChI is InChI=1S/C14H19ClN2O4/c1-3-4-17-6-9(15)5-10(17)12(18)16-11-7-21-8-14(11,2)13(19)20/h5-6,11H,3-4,7-8H2,1-2H3,(H,16,18)(H,19,20). The number of amides is 1. The Morgan fingerprint density at radius 3 is 2.95 bits per heavy atom. The zero-order valence-electron chi connectivity index (χ0n) is 12.1. The summed E-state index contributed by atoms with van der Waals surface area (Å²) in [6.07, 6.45) is 2.56. The van der Waals surface area contributed by atoms with Crippen LogP contribution >= 0.6 is 11.6 Å². The number of aromatic nitrogens is 1. The molecule has 2 unspecified atom stereocenters. The van der Waals surface area contributed by atoms with Gasteiger partial charge < -0.3 is 19.7 Å². The predicted octanol–water partition coefficient (Wildman–Crippen LogP) is 1.77. The van der Waals surface area contributed by atoms with E-state index in [1.54, 1.807) is 23.8 Å². The largest absolute Gasteiger partial charge is 0.481 e. The first-order valence-electron chi connectivity index (χ1n) is 6.86. The van der Waals surface area contributed by atoms with E-state index in [0.717, 1.165) is 6.42 Å². The highest BCUT2D eigenvalue weighted by atomic mass is 35.5. The molecule has 2 heterocycles. The van der Waals surface area contributed by atoms with E-state index in [1.165, 1.54) is 0 Å². The predicted molar refractivity (Wildman–Crippen MR) is 77.5 cm³/mol. The Morgan fingerprint density at radius 1 is 1.62 bits per heavy atom. The minimum absolute atomic E-state index is 0.0873. The van der Waals surface area contributed by atoms with Crippen LogP contribution in [0.3, 0.4) is 0 Å². The molecule has 2 rings (SSSR count). The molecule has 1 aromatic heterocycles. The van der Waals surface area contributed by atoms with Crippen LogP contribution in [0.1, 0.15) is 30.8 Å². The van der Waals surface area contributed by atoms with Gasteiger partial charge in [-0.2, -0.15) is 0 Å². The van der Waals surface area contributed by atoms with Crippen molar-refractivity contribution in [1.82, 2.24) is 9.88 Å². The van der Waals surface area contributed by atoms with Crippen LogP contribution in [-0.2, 0) is 16.1 Å². The highest BCUT2D eigenvalue weighted by molar-refractivity contribution is 6.31. The molecule has 1 aliphatic heterocycles. The summed E-state index contributed by atoms with van der Waals surface area (Å²) in [5.74, 6) is -1.31. The van der Waals surface area contributed by atoms with Crippen LogP contribution in [0.15, 0.2) is 12.3 Å². The smallest absolute Gasteiger partial charge is 0.313 e. The fourth-order valence-electron chi connectivity index (χ4n) is 2.41. The van der Waals surface area contributed by atoms with Gasteiger partial charge in [0.15, 0.2) is 0 Å². The molecule has 0 spiro atoms. The van der Waals surface area contributed by atoms with Crippen molar-refractivity contribution in [2.24, 2.45) is 5.41 Å². The molecule has 21 heavy (non-hydrogen) atoms. The van der Waals surface area contributed by atoms with Crippen molar-refractivity contribution in [3.05, 3.63) is 23.0 Å². The third-order valence-corrected chi connectivity index (χ3v) is 4.02. The average molecular weight is 315 g/mol. The maximum Gasteiger partial charge on any atom is 0.313 e. The first-order valence-corrected chi connectivity index (χ1v) is 7.24. The molecule has 1 amide bonds. The normalized spacial score (nSPS) is 25.0. The number of aliphatic carboxylic acids is 1. The van der Waals surface area contributed by atoms with Gasteiger partial charge >= 0.3 is 5.97 Å². The Labute approximate surface area is 128 Å². The van der Waals surface area contributed by atoms with Crippen molar-refractivity contribution in [3.8, 4) is 0 Å². The van der Waals surface area contributed by atoms with Crippen molar-refractivity contribution >= 4 is 23.5 Å². The van der Waals surface area contributed by atoms with E-state index in [1.807, 2.05) is 6.92 Å². The van der Waals surface area contributed by atoms with Gasteiger partial charge in [0, 0.05) is 12.7 Å². The van der Waals surface area contributed by atoms with Crippen molar-refractivity contribution in [3.63, 3.8) is 0 Å². The number of hydrogen-bond donors (Lipinski definition) is 2. The van der Waals surface area contributed by atoms with Gasteiger partial charge in [-0.3, -0.25) is 9.59 Å². The van der Waals surface area contributed by atoms with E-state index in [-0.39, 0.29) is 19.1 Å². The summed E-state index contributed by atoms with van der Waals surface area (Å²) in [6.45, 7) is 4.53. The number of hydrogen-bond acceptors (Lipinski definition) is 3. The average Bonchev–Trinajstić information content (AvgIpc) is 2.95. The second-order valence-electron chi connectivity index (χ2n) is 5.50. The number of nitrogens with one attached hydrogen (secondary N) is 1. The zero-order valence-corrected chi connectivity index (χ0v) is 12.8. The first-order chi connectivity index (χ1) is 9.88. The number of aryl methyl sites for hydroxylation is 1. The molecular formula is C14H19ClN2O4. The molecule has 6 nitrogen and oxygen atoms in total. The van der Waals surface area contributed by atoms with Crippen LogP contribution in [-0.4, -0.2) is 40.8 Å². The third kappa shape index (κ3) is 3.06. The lowest BCUT2D eigenvalue weighted by Gasteiger charge is -2.25. The summed E-state index contributed by atoms with van der Waals surface area (Å²) in [5, 5.41) is 12.6. The Hall–Kier alpha value is -1.53. The van der Waals surface area contributed by atoms with E-state index in [0.29, 0.717) is 17.3 Å². The molecule has 0 bridgehead atoms. The molecular weight excluding hydrogens is 296 g/mol. The second kappa shape index (κ2) is 6.07. The fourth-order valence-corrected chi connectivity index (χ4v) is 2.63. The highest BCUT2D eigenvalue weighted by Crippen LogP contribution is 2.29. The molecule has 0 saturated carbocycles. The SMILES string of the molecule is CCCn1cc(Cl)cc1C(=O)NC1COCC1(C)C(=O)O. The van der Waals surface area contributed by atoms with Gasteiger partial charge in [0.25, 0.3) is 5.91 Å². The van der Waals surface area contributed by atoms with Gasteiger partial charge in [-0.05, 0) is 19.4 Å². The minimum atomic E-state index is -1.11. The van der Waals surface area contributed by atoms with Gasteiger partial charge in [-0.25, -0.2) is 0 Å². The summed E-state index contributed by atoms with van der Waals surface area (Å²) in [6, 6.07) is 1.02. The number of ether oxygens (including phenoxy) is 1. The Balaban J connectivity index is 2.16. The maximum atomic E-state index is 12.4. The van der Waals surface area contributed by atoms with Gasteiger partial charge in [0.05, 0.1) is 24.3 Å². The zero-order chi connectivity index (χ0) is 15.6. The molecule has 1 fully saturated rings. The van der Waals surface area contributed by atoms with Gasteiger partial charge in [-0.15, -0.1) is 0 Å². The van der Waals surface area contributed by atoms with Crippen molar-refractivity contribution in [2.75, 3.05) is 13.2 Å². The van der Waals surface area contributed by atoms with Gasteiger partial charge in [0.2, 0.25) is 0 Å². The number of carbonyl (C=O) groups is 2. The van der Waals surface area contributed by atoms with Crippen LogP contribution in [0.4, 0.5) is 0 Å². The summed E-state index contributed by atoms with van der Waals surface area (Å²) in [7, 11) is 0. The Morgan fingerprint density at radius 2 is 2.33 bits per heavy atom. The van der Waals surface area contributed by atoms with Crippen LogP contribution in [0.5, 0.6) is 0 Å². The molecule has 2 atom stereocenters.